The number of benzene rings is 1. The molecule has 0 radical (unpaired) electrons. The second-order valence-electron chi connectivity index (χ2n) is 3.53. The summed E-state index contributed by atoms with van der Waals surface area (Å²) in [5.74, 6) is 0. The molecule has 4 nitrogen and oxygen atoms in total. The Morgan fingerprint density at radius 1 is 1.35 bits per heavy atom. The Kier molecular flexibility index (Phi) is 3.36. The minimum Gasteiger partial charge on any atom is -0.399 e. The molecule has 6 heteroatoms. The summed E-state index contributed by atoms with van der Waals surface area (Å²) >= 11 is 11.8. The predicted octanol–water partition coefficient (Wildman–Crippen LogP) is 2.18. The van der Waals surface area contributed by atoms with E-state index < -0.39 is 0 Å². The fourth-order valence-corrected chi connectivity index (χ4v) is 1.83. The Hall–Kier alpha value is -1.52. The molecular weight excluding hydrogens is 261 g/mol. The van der Waals surface area contributed by atoms with Crippen molar-refractivity contribution < 1.29 is 0 Å². The van der Waals surface area contributed by atoms with Gasteiger partial charge in [0.2, 0.25) is 0 Å². The first-order valence-corrected chi connectivity index (χ1v) is 5.58. The maximum atomic E-state index is 11.5. The number of nitrogen functional groups attached to an aromatic ring is 1. The number of anilines is 1. The zero-order chi connectivity index (χ0) is 12.4. The van der Waals surface area contributed by atoms with Gasteiger partial charge in [-0.05, 0) is 17.7 Å². The largest absolute Gasteiger partial charge is 0.399 e. The number of nitrogens with zero attached hydrogens (tertiary/aromatic N) is 2. The van der Waals surface area contributed by atoms with Gasteiger partial charge in [0, 0.05) is 16.9 Å². The number of hydrogen-bond donors (Lipinski definition) is 1. The first kappa shape index (κ1) is 12.0. The SMILES string of the molecule is Nc1ccc(Cn2cc(Cl)cnc2=O)c(Cl)c1. The number of rotatable bonds is 2. The van der Waals surface area contributed by atoms with Crippen LogP contribution in [0.15, 0.2) is 35.4 Å². The van der Waals surface area contributed by atoms with Crippen LogP contribution in [-0.2, 0) is 6.54 Å². The van der Waals surface area contributed by atoms with E-state index in [-0.39, 0.29) is 5.69 Å². The minimum absolute atomic E-state index is 0.311. The average Bonchev–Trinajstić information content (AvgIpc) is 2.27. The molecule has 0 aliphatic carbocycles. The Morgan fingerprint density at radius 2 is 2.12 bits per heavy atom. The van der Waals surface area contributed by atoms with E-state index in [2.05, 4.69) is 4.98 Å². The molecule has 0 aliphatic rings. The lowest BCUT2D eigenvalue weighted by Crippen LogP contribution is -2.22. The maximum absolute atomic E-state index is 11.5. The summed E-state index contributed by atoms with van der Waals surface area (Å²) in [5, 5.41) is 0.910. The molecule has 1 aromatic heterocycles. The average molecular weight is 270 g/mol. The first-order chi connectivity index (χ1) is 8.06. The monoisotopic (exact) mass is 269 g/mol. The minimum atomic E-state index is -0.373. The van der Waals surface area contributed by atoms with Crippen LogP contribution in [0.5, 0.6) is 0 Å². The molecule has 2 N–H and O–H groups in total. The summed E-state index contributed by atoms with van der Waals surface area (Å²) in [7, 11) is 0. The van der Waals surface area contributed by atoms with Gasteiger partial charge in [0.1, 0.15) is 0 Å². The van der Waals surface area contributed by atoms with Crippen molar-refractivity contribution in [2.45, 2.75) is 6.54 Å². The number of aromatic nitrogens is 2. The van der Waals surface area contributed by atoms with E-state index in [9.17, 15) is 4.79 Å². The van der Waals surface area contributed by atoms with E-state index in [1.54, 1.807) is 18.2 Å². The molecule has 17 heavy (non-hydrogen) atoms. The van der Waals surface area contributed by atoms with E-state index >= 15 is 0 Å². The van der Waals surface area contributed by atoms with E-state index in [1.165, 1.54) is 17.0 Å². The van der Waals surface area contributed by atoms with Crippen LogP contribution in [0.1, 0.15) is 5.56 Å². The quantitative estimate of drug-likeness (QED) is 0.851. The summed E-state index contributed by atoms with van der Waals surface area (Å²) in [5.41, 5.74) is 6.58. The molecule has 0 fully saturated rings. The lowest BCUT2D eigenvalue weighted by molar-refractivity contribution is 0.727. The van der Waals surface area contributed by atoms with Crippen molar-refractivity contribution in [2.75, 3.05) is 5.73 Å². The van der Waals surface area contributed by atoms with Crippen LogP contribution < -0.4 is 11.4 Å². The van der Waals surface area contributed by atoms with Crippen LogP contribution in [0.4, 0.5) is 5.69 Å². The van der Waals surface area contributed by atoms with Crippen molar-refractivity contribution in [3.05, 3.63) is 56.7 Å². The number of halogens is 2. The third-order valence-electron chi connectivity index (χ3n) is 2.24. The molecule has 2 aromatic rings. The molecule has 0 aliphatic heterocycles. The molecule has 0 atom stereocenters. The highest BCUT2D eigenvalue weighted by Gasteiger charge is 2.04. The molecule has 1 aromatic carbocycles. The Balaban J connectivity index is 2.38. The van der Waals surface area contributed by atoms with Crippen molar-refractivity contribution in [1.29, 1.82) is 0 Å². The Morgan fingerprint density at radius 3 is 2.82 bits per heavy atom. The molecule has 88 valence electrons. The lowest BCUT2D eigenvalue weighted by Gasteiger charge is -2.07. The van der Waals surface area contributed by atoms with Gasteiger partial charge in [0.05, 0.1) is 17.8 Å². The molecule has 0 bridgehead atoms. The third kappa shape index (κ3) is 2.78. The fourth-order valence-electron chi connectivity index (χ4n) is 1.42. The third-order valence-corrected chi connectivity index (χ3v) is 2.79. The molecular formula is C11H9Cl2N3O. The zero-order valence-corrected chi connectivity index (χ0v) is 10.2. The van der Waals surface area contributed by atoms with Gasteiger partial charge in [-0.25, -0.2) is 9.78 Å². The van der Waals surface area contributed by atoms with Crippen molar-refractivity contribution in [3.63, 3.8) is 0 Å². The van der Waals surface area contributed by atoms with Gasteiger partial charge in [-0.1, -0.05) is 29.3 Å². The number of nitrogens with two attached hydrogens (primary N) is 1. The van der Waals surface area contributed by atoms with Crippen molar-refractivity contribution in [3.8, 4) is 0 Å². The highest BCUT2D eigenvalue weighted by molar-refractivity contribution is 6.31. The molecule has 0 spiro atoms. The molecule has 1 heterocycles. The van der Waals surface area contributed by atoms with E-state index in [4.69, 9.17) is 28.9 Å². The van der Waals surface area contributed by atoms with Crippen molar-refractivity contribution >= 4 is 28.9 Å². The van der Waals surface area contributed by atoms with Gasteiger partial charge >= 0.3 is 5.69 Å². The standard InChI is InChI=1S/C11H9Cl2N3O/c12-8-4-15-11(17)16(6-8)5-7-1-2-9(14)3-10(7)13/h1-4,6H,5,14H2. The molecule has 2 rings (SSSR count). The normalized spacial score (nSPS) is 10.5. The van der Waals surface area contributed by atoms with Gasteiger partial charge in [0.15, 0.2) is 0 Å². The highest BCUT2D eigenvalue weighted by atomic mass is 35.5. The lowest BCUT2D eigenvalue weighted by atomic mass is 10.2. The summed E-state index contributed by atoms with van der Waals surface area (Å²) in [6.45, 7) is 0.311. The molecule has 0 saturated heterocycles. The van der Waals surface area contributed by atoms with Crippen LogP contribution in [0.25, 0.3) is 0 Å². The molecule has 0 unspecified atom stereocenters. The Bertz CT molecular complexity index is 610. The van der Waals surface area contributed by atoms with Crippen molar-refractivity contribution in [2.24, 2.45) is 0 Å². The first-order valence-electron chi connectivity index (χ1n) is 4.82. The van der Waals surface area contributed by atoms with Gasteiger partial charge in [-0.15, -0.1) is 0 Å². The van der Waals surface area contributed by atoms with E-state index in [0.717, 1.165) is 5.56 Å². The van der Waals surface area contributed by atoms with Crippen LogP contribution in [0, 0.1) is 0 Å². The summed E-state index contributed by atoms with van der Waals surface area (Å²) in [6.07, 6.45) is 2.83. The number of hydrogen-bond acceptors (Lipinski definition) is 3. The maximum Gasteiger partial charge on any atom is 0.347 e. The zero-order valence-electron chi connectivity index (χ0n) is 8.73. The molecule has 0 amide bonds. The smallest absolute Gasteiger partial charge is 0.347 e. The van der Waals surface area contributed by atoms with Crippen LogP contribution in [0.3, 0.4) is 0 Å². The summed E-state index contributed by atoms with van der Waals surface area (Å²) in [4.78, 5) is 15.1. The topological polar surface area (TPSA) is 60.9 Å². The Labute approximate surface area is 108 Å². The van der Waals surface area contributed by atoms with E-state index in [1.807, 2.05) is 0 Å². The van der Waals surface area contributed by atoms with Gasteiger partial charge in [0.25, 0.3) is 0 Å². The summed E-state index contributed by atoms with van der Waals surface area (Å²) < 4.78 is 1.39. The van der Waals surface area contributed by atoms with E-state index in [0.29, 0.717) is 22.3 Å². The summed E-state index contributed by atoms with van der Waals surface area (Å²) in [6, 6.07) is 5.13. The highest BCUT2D eigenvalue weighted by Crippen LogP contribution is 2.19. The van der Waals surface area contributed by atoms with Crippen molar-refractivity contribution in [1.82, 2.24) is 9.55 Å². The van der Waals surface area contributed by atoms with Crippen LogP contribution in [0.2, 0.25) is 10.0 Å². The van der Waals surface area contributed by atoms with Gasteiger partial charge in [-0.3, -0.25) is 4.57 Å². The predicted molar refractivity (Wildman–Crippen MR) is 68.5 cm³/mol. The second kappa shape index (κ2) is 4.77. The van der Waals surface area contributed by atoms with Gasteiger partial charge in [-0.2, -0.15) is 0 Å². The fraction of sp³-hybridized carbons (Fsp3) is 0.0909. The molecule has 0 saturated carbocycles. The van der Waals surface area contributed by atoms with Gasteiger partial charge < -0.3 is 5.73 Å². The van der Waals surface area contributed by atoms with Crippen LogP contribution >= 0.6 is 23.2 Å². The second-order valence-corrected chi connectivity index (χ2v) is 4.38. The van der Waals surface area contributed by atoms with Crippen LogP contribution in [-0.4, -0.2) is 9.55 Å².